The van der Waals surface area contributed by atoms with Gasteiger partial charge in [-0.1, -0.05) is 0 Å². The van der Waals surface area contributed by atoms with E-state index in [2.05, 4.69) is 21.4 Å². The molecule has 3 aromatic heterocycles. The van der Waals surface area contributed by atoms with Gasteiger partial charge in [0.25, 0.3) is 0 Å². The van der Waals surface area contributed by atoms with Crippen LogP contribution in [-0.4, -0.2) is 60.0 Å². The summed E-state index contributed by atoms with van der Waals surface area (Å²) < 4.78 is 24.5. The van der Waals surface area contributed by atoms with Crippen LogP contribution in [0.1, 0.15) is 50.3 Å². The number of ether oxygens (including phenoxy) is 4. The summed E-state index contributed by atoms with van der Waals surface area (Å²) >= 11 is 0. The van der Waals surface area contributed by atoms with E-state index in [4.69, 9.17) is 23.9 Å². The molecule has 6 heterocycles. The van der Waals surface area contributed by atoms with Crippen LogP contribution in [0.25, 0.3) is 22.2 Å². The molecule has 9 heteroatoms. The molecule has 4 aliphatic rings. The standard InChI is InChI=1S/C28H32N4O5/c1-17(33)31-25-10-20-21(12-29-23(20)13-30-25)22-11-24(37-18-2-5-27(6-3-18)14-35-15-27)19-4-8-36-28(26(19)32-22)7-9-34-16-28/h10-13,18,29H,2-9,14-16H2,1H3,(H,30,31,33). The second-order valence-corrected chi connectivity index (χ2v) is 11.0. The summed E-state index contributed by atoms with van der Waals surface area (Å²) in [4.78, 5) is 24.5. The molecule has 3 fully saturated rings. The number of carbonyl (C=O) groups excluding carboxylic acids is 1. The number of fused-ring (bicyclic) bond motifs is 3. The lowest BCUT2D eigenvalue weighted by molar-refractivity contribution is -0.140. The third-order valence-corrected chi connectivity index (χ3v) is 8.48. The van der Waals surface area contributed by atoms with Crippen LogP contribution in [0.15, 0.2) is 24.5 Å². The number of aromatic nitrogens is 3. The van der Waals surface area contributed by atoms with Crippen LogP contribution >= 0.6 is 0 Å². The smallest absolute Gasteiger partial charge is 0.222 e. The Hall–Kier alpha value is -3.01. The van der Waals surface area contributed by atoms with E-state index in [-0.39, 0.29) is 12.0 Å². The van der Waals surface area contributed by atoms with Crippen LogP contribution in [-0.2, 0) is 31.0 Å². The fraction of sp³-hybridized carbons (Fsp3) is 0.536. The van der Waals surface area contributed by atoms with E-state index < -0.39 is 5.60 Å². The zero-order valence-electron chi connectivity index (χ0n) is 21.1. The molecule has 3 aromatic rings. The number of rotatable bonds is 4. The molecule has 1 saturated carbocycles. The molecule has 7 rings (SSSR count). The number of pyridine rings is 2. The number of nitrogens with zero attached hydrogens (tertiary/aromatic N) is 2. The Kier molecular flexibility index (Phi) is 5.49. The van der Waals surface area contributed by atoms with Crippen LogP contribution in [0.4, 0.5) is 5.82 Å². The minimum absolute atomic E-state index is 0.158. The Balaban J connectivity index is 1.30. The Labute approximate surface area is 215 Å². The molecular weight excluding hydrogens is 472 g/mol. The number of hydrogen-bond donors (Lipinski definition) is 2. The lowest BCUT2D eigenvalue weighted by atomic mass is 9.72. The lowest BCUT2D eigenvalue weighted by Gasteiger charge is -2.46. The van der Waals surface area contributed by atoms with Crippen molar-refractivity contribution in [2.75, 3.05) is 38.4 Å². The van der Waals surface area contributed by atoms with Gasteiger partial charge in [0.05, 0.1) is 55.6 Å². The van der Waals surface area contributed by atoms with Crippen molar-refractivity contribution in [1.82, 2.24) is 15.0 Å². The first kappa shape index (κ1) is 23.1. The zero-order valence-corrected chi connectivity index (χ0v) is 21.1. The van der Waals surface area contributed by atoms with Gasteiger partial charge in [-0.2, -0.15) is 0 Å². The molecule has 0 radical (unpaired) electrons. The van der Waals surface area contributed by atoms with Gasteiger partial charge in [-0.15, -0.1) is 0 Å². The molecule has 37 heavy (non-hydrogen) atoms. The van der Waals surface area contributed by atoms with Gasteiger partial charge in [-0.25, -0.2) is 9.97 Å². The molecule has 2 saturated heterocycles. The maximum atomic E-state index is 11.6. The van der Waals surface area contributed by atoms with Crippen LogP contribution in [0.3, 0.4) is 0 Å². The number of amides is 1. The van der Waals surface area contributed by atoms with Crippen LogP contribution in [0.2, 0.25) is 0 Å². The quantitative estimate of drug-likeness (QED) is 0.551. The number of aromatic amines is 1. The van der Waals surface area contributed by atoms with Crippen molar-refractivity contribution < 1.29 is 23.7 Å². The predicted molar refractivity (Wildman–Crippen MR) is 137 cm³/mol. The molecule has 2 spiro atoms. The summed E-state index contributed by atoms with van der Waals surface area (Å²) in [7, 11) is 0. The molecule has 1 unspecified atom stereocenters. The topological polar surface area (TPSA) is 108 Å². The molecule has 1 amide bonds. The number of carbonyl (C=O) groups is 1. The molecule has 0 bridgehead atoms. The zero-order chi connectivity index (χ0) is 25.0. The maximum absolute atomic E-state index is 11.6. The average Bonchev–Trinajstić information content (AvgIpc) is 3.51. The van der Waals surface area contributed by atoms with E-state index >= 15 is 0 Å². The SMILES string of the molecule is CC(=O)Nc1cc2c(-c3cc(OC4CCC5(CC4)COC5)c4c(n3)C3(CCOC3)OCC4)c[nH]c2cn1. The molecule has 3 aliphatic heterocycles. The van der Waals surface area contributed by atoms with Gasteiger partial charge in [0, 0.05) is 60.6 Å². The highest BCUT2D eigenvalue weighted by Gasteiger charge is 2.45. The Bertz CT molecular complexity index is 1350. The number of hydrogen-bond acceptors (Lipinski definition) is 7. The number of anilines is 1. The summed E-state index contributed by atoms with van der Waals surface area (Å²) in [5.41, 5.74) is 4.56. The van der Waals surface area contributed by atoms with Crippen molar-refractivity contribution in [3.63, 3.8) is 0 Å². The Morgan fingerprint density at radius 2 is 2.00 bits per heavy atom. The molecule has 9 nitrogen and oxygen atoms in total. The van der Waals surface area contributed by atoms with E-state index in [0.717, 1.165) is 90.9 Å². The van der Waals surface area contributed by atoms with Crippen LogP contribution in [0, 0.1) is 5.41 Å². The molecule has 0 aromatic carbocycles. The normalized spacial score (nSPS) is 24.8. The first-order chi connectivity index (χ1) is 18.0. The van der Waals surface area contributed by atoms with Gasteiger partial charge < -0.3 is 29.2 Å². The Morgan fingerprint density at radius 1 is 1.14 bits per heavy atom. The second-order valence-electron chi connectivity index (χ2n) is 11.0. The number of nitrogens with one attached hydrogen (secondary N) is 2. The van der Waals surface area contributed by atoms with Gasteiger partial charge in [-0.05, 0) is 31.7 Å². The largest absolute Gasteiger partial charge is 0.490 e. The van der Waals surface area contributed by atoms with Crippen LogP contribution in [0.5, 0.6) is 5.75 Å². The van der Waals surface area contributed by atoms with Crippen molar-refractivity contribution in [1.29, 1.82) is 0 Å². The fourth-order valence-electron chi connectivity index (χ4n) is 6.34. The monoisotopic (exact) mass is 504 g/mol. The fourth-order valence-corrected chi connectivity index (χ4v) is 6.34. The minimum Gasteiger partial charge on any atom is -0.490 e. The van der Waals surface area contributed by atoms with Gasteiger partial charge in [0.2, 0.25) is 5.91 Å². The third-order valence-electron chi connectivity index (χ3n) is 8.48. The summed E-state index contributed by atoms with van der Waals surface area (Å²) in [6.45, 7) is 5.07. The van der Waals surface area contributed by atoms with Gasteiger partial charge in [0.1, 0.15) is 17.2 Å². The van der Waals surface area contributed by atoms with Crippen molar-refractivity contribution >= 4 is 22.6 Å². The van der Waals surface area contributed by atoms with Gasteiger partial charge in [-0.3, -0.25) is 4.79 Å². The maximum Gasteiger partial charge on any atom is 0.222 e. The van der Waals surface area contributed by atoms with Crippen molar-refractivity contribution in [3.05, 3.63) is 35.8 Å². The van der Waals surface area contributed by atoms with Crippen molar-refractivity contribution in [2.45, 2.75) is 57.2 Å². The summed E-state index contributed by atoms with van der Waals surface area (Å²) in [5.74, 6) is 1.26. The van der Waals surface area contributed by atoms with Gasteiger partial charge in [0.15, 0.2) is 0 Å². The van der Waals surface area contributed by atoms with Gasteiger partial charge >= 0.3 is 0 Å². The average molecular weight is 505 g/mol. The highest BCUT2D eigenvalue weighted by Crippen LogP contribution is 2.46. The summed E-state index contributed by atoms with van der Waals surface area (Å²) in [5, 5.41) is 3.72. The lowest BCUT2D eigenvalue weighted by Crippen LogP contribution is -2.46. The summed E-state index contributed by atoms with van der Waals surface area (Å²) in [6, 6.07) is 3.97. The highest BCUT2D eigenvalue weighted by atomic mass is 16.6. The first-order valence-electron chi connectivity index (χ1n) is 13.3. The molecule has 2 N–H and O–H groups in total. The van der Waals surface area contributed by atoms with E-state index in [1.165, 1.54) is 6.92 Å². The number of H-pyrrole nitrogens is 1. The Morgan fingerprint density at radius 3 is 2.73 bits per heavy atom. The minimum atomic E-state index is -0.531. The van der Waals surface area contributed by atoms with Crippen molar-refractivity contribution in [2.24, 2.45) is 5.41 Å². The second kappa shape index (κ2) is 8.79. The van der Waals surface area contributed by atoms with E-state index in [0.29, 0.717) is 31.1 Å². The van der Waals surface area contributed by atoms with E-state index in [9.17, 15) is 4.79 Å². The van der Waals surface area contributed by atoms with Crippen LogP contribution < -0.4 is 10.1 Å². The first-order valence-corrected chi connectivity index (χ1v) is 13.3. The predicted octanol–water partition coefficient (Wildman–Crippen LogP) is 4.11. The molecule has 1 atom stereocenters. The van der Waals surface area contributed by atoms with E-state index in [1.54, 1.807) is 6.20 Å². The molecular formula is C28H32N4O5. The van der Waals surface area contributed by atoms with E-state index in [1.807, 2.05) is 12.3 Å². The molecule has 1 aliphatic carbocycles. The third kappa shape index (κ3) is 4.00. The summed E-state index contributed by atoms with van der Waals surface area (Å²) in [6.07, 6.45) is 9.81. The molecule has 194 valence electrons. The highest BCUT2D eigenvalue weighted by molar-refractivity contribution is 5.97. The van der Waals surface area contributed by atoms with Crippen molar-refractivity contribution in [3.8, 4) is 17.0 Å².